The number of nitrogens with zero attached hydrogens (tertiary/aromatic N) is 2. The Hall–Kier alpha value is -4.51. The number of amides is 2. The fourth-order valence-corrected chi connectivity index (χ4v) is 4.58. The number of nitriles is 1. The van der Waals surface area contributed by atoms with Crippen molar-refractivity contribution in [3.63, 3.8) is 0 Å². The van der Waals surface area contributed by atoms with E-state index in [0.717, 1.165) is 33.3 Å². The van der Waals surface area contributed by atoms with Gasteiger partial charge in [-0.2, -0.15) is 5.26 Å². The minimum absolute atomic E-state index is 0.124. The van der Waals surface area contributed by atoms with Crippen molar-refractivity contribution in [2.45, 2.75) is 26.4 Å². The molecule has 0 saturated carbocycles. The molecule has 2 amide bonds. The summed E-state index contributed by atoms with van der Waals surface area (Å²) in [7, 11) is 0. The molecule has 0 atom stereocenters. The van der Waals surface area contributed by atoms with Crippen molar-refractivity contribution in [3.05, 3.63) is 88.4 Å². The maximum absolute atomic E-state index is 12.9. The lowest BCUT2D eigenvalue weighted by atomic mass is 9.94. The van der Waals surface area contributed by atoms with Crippen LogP contribution in [0.4, 0.5) is 0 Å². The highest BCUT2D eigenvalue weighted by Crippen LogP contribution is 2.27. The molecule has 0 aliphatic carbocycles. The van der Waals surface area contributed by atoms with E-state index in [1.807, 2.05) is 55.5 Å². The molecule has 0 unspecified atom stereocenters. The normalized spacial score (nSPS) is 12.7. The fraction of sp³-hybridized carbons (Fsp3) is 0.222. The number of carbonyl (C=O) groups is 2. The zero-order chi connectivity index (χ0) is 24.4. The third-order valence-corrected chi connectivity index (χ3v) is 6.30. The van der Waals surface area contributed by atoms with Crippen molar-refractivity contribution in [2.75, 3.05) is 13.2 Å². The Morgan fingerprint density at radius 1 is 1.17 bits per heavy atom. The summed E-state index contributed by atoms with van der Waals surface area (Å²) in [5.41, 5.74) is 5.46. The summed E-state index contributed by atoms with van der Waals surface area (Å²) < 4.78 is 5.67. The zero-order valence-corrected chi connectivity index (χ0v) is 19.4. The standard InChI is InChI=1S/C27H25N5O3/c1-2-35-25-8-4-7-22-21(25)12-23(31-22)26(33)30-15-18-5-3-6-19-16-32(10-9-20(18)19)27(34)24-11-17(13-28)14-29-24/h3-8,11-12,14,29,31H,2,9-10,15-16H2,1H3,(H,30,33). The molecule has 35 heavy (non-hydrogen) atoms. The molecule has 0 radical (unpaired) electrons. The number of benzene rings is 2. The van der Waals surface area contributed by atoms with Gasteiger partial charge in [-0.15, -0.1) is 0 Å². The van der Waals surface area contributed by atoms with Gasteiger partial charge in [-0.25, -0.2) is 0 Å². The molecule has 0 spiro atoms. The average Bonchev–Trinajstić information content (AvgIpc) is 3.54. The van der Waals surface area contributed by atoms with E-state index in [4.69, 9.17) is 10.00 Å². The van der Waals surface area contributed by atoms with Crippen molar-refractivity contribution < 1.29 is 14.3 Å². The minimum atomic E-state index is -0.186. The molecule has 3 N–H and O–H groups in total. The molecule has 4 aromatic rings. The Balaban J connectivity index is 1.28. The molecule has 0 fully saturated rings. The molecular weight excluding hydrogens is 442 g/mol. The molecule has 176 valence electrons. The van der Waals surface area contributed by atoms with E-state index in [-0.39, 0.29) is 11.8 Å². The van der Waals surface area contributed by atoms with Gasteiger partial charge in [0.25, 0.3) is 11.8 Å². The number of carbonyl (C=O) groups excluding carboxylic acids is 2. The molecule has 8 nitrogen and oxygen atoms in total. The van der Waals surface area contributed by atoms with E-state index in [0.29, 0.717) is 49.6 Å². The molecule has 2 aromatic carbocycles. The first-order valence-electron chi connectivity index (χ1n) is 11.6. The van der Waals surface area contributed by atoms with Gasteiger partial charge in [0.05, 0.1) is 12.2 Å². The SMILES string of the molecule is CCOc1cccc2[nH]c(C(=O)NCc3cccc4c3CCN(C(=O)c3cc(C#N)c[nH]3)C4)cc12. The van der Waals surface area contributed by atoms with E-state index in [1.54, 1.807) is 11.0 Å². The number of H-pyrrole nitrogens is 2. The number of aromatic nitrogens is 2. The van der Waals surface area contributed by atoms with Crippen LogP contribution >= 0.6 is 0 Å². The summed E-state index contributed by atoms with van der Waals surface area (Å²) in [6.45, 7) is 3.93. The quantitative estimate of drug-likeness (QED) is 0.399. The van der Waals surface area contributed by atoms with Gasteiger partial charge >= 0.3 is 0 Å². The second-order valence-electron chi connectivity index (χ2n) is 8.46. The predicted molar refractivity (Wildman–Crippen MR) is 131 cm³/mol. The molecule has 5 rings (SSSR count). The van der Waals surface area contributed by atoms with Crippen LogP contribution in [-0.4, -0.2) is 39.8 Å². The highest BCUT2D eigenvalue weighted by Gasteiger charge is 2.24. The Bertz CT molecular complexity index is 1460. The maximum atomic E-state index is 12.9. The predicted octanol–water partition coefficient (Wildman–Crippen LogP) is 3.89. The molecular formula is C27H25N5O3. The van der Waals surface area contributed by atoms with Gasteiger partial charge in [0.15, 0.2) is 0 Å². The lowest BCUT2D eigenvalue weighted by Crippen LogP contribution is -2.37. The van der Waals surface area contributed by atoms with Crippen LogP contribution in [0, 0.1) is 11.3 Å². The molecule has 8 heteroatoms. The van der Waals surface area contributed by atoms with Crippen LogP contribution in [0.25, 0.3) is 10.9 Å². The highest BCUT2D eigenvalue weighted by molar-refractivity contribution is 5.99. The Morgan fingerprint density at radius 3 is 2.83 bits per heavy atom. The number of rotatable bonds is 6. The largest absolute Gasteiger partial charge is 0.493 e. The van der Waals surface area contributed by atoms with Crippen LogP contribution in [0.5, 0.6) is 5.75 Å². The Labute approximate surface area is 202 Å². The maximum Gasteiger partial charge on any atom is 0.270 e. The van der Waals surface area contributed by atoms with E-state index >= 15 is 0 Å². The zero-order valence-electron chi connectivity index (χ0n) is 19.4. The molecule has 3 heterocycles. The summed E-state index contributed by atoms with van der Waals surface area (Å²) in [4.78, 5) is 33.6. The number of fused-ring (bicyclic) bond motifs is 2. The van der Waals surface area contributed by atoms with Crippen molar-refractivity contribution >= 4 is 22.7 Å². The lowest BCUT2D eigenvalue weighted by Gasteiger charge is -2.30. The third kappa shape index (κ3) is 4.36. The van der Waals surface area contributed by atoms with E-state index in [2.05, 4.69) is 15.3 Å². The van der Waals surface area contributed by atoms with Gasteiger partial charge < -0.3 is 24.9 Å². The van der Waals surface area contributed by atoms with Gasteiger partial charge in [0.2, 0.25) is 0 Å². The number of aromatic amines is 2. The summed E-state index contributed by atoms with van der Waals surface area (Å²) >= 11 is 0. The number of hydrogen-bond donors (Lipinski definition) is 3. The Morgan fingerprint density at radius 2 is 2.03 bits per heavy atom. The van der Waals surface area contributed by atoms with Gasteiger partial charge in [0.1, 0.15) is 23.2 Å². The smallest absolute Gasteiger partial charge is 0.270 e. The van der Waals surface area contributed by atoms with Crippen molar-refractivity contribution in [1.82, 2.24) is 20.2 Å². The molecule has 0 saturated heterocycles. The van der Waals surface area contributed by atoms with E-state index < -0.39 is 0 Å². The first-order chi connectivity index (χ1) is 17.1. The van der Waals surface area contributed by atoms with Crippen LogP contribution in [-0.2, 0) is 19.5 Å². The van der Waals surface area contributed by atoms with Crippen LogP contribution in [0.1, 0.15) is 50.2 Å². The van der Waals surface area contributed by atoms with Crippen LogP contribution in [0.3, 0.4) is 0 Å². The summed E-state index contributed by atoms with van der Waals surface area (Å²) in [6.07, 6.45) is 2.24. The van der Waals surface area contributed by atoms with Gasteiger partial charge in [-0.1, -0.05) is 24.3 Å². The first-order valence-corrected chi connectivity index (χ1v) is 11.6. The molecule has 1 aliphatic rings. The van der Waals surface area contributed by atoms with Gasteiger partial charge in [-0.3, -0.25) is 9.59 Å². The Kier molecular flexibility index (Phi) is 5.98. The van der Waals surface area contributed by atoms with E-state index in [9.17, 15) is 9.59 Å². The van der Waals surface area contributed by atoms with Crippen LogP contribution in [0.2, 0.25) is 0 Å². The molecule has 2 aromatic heterocycles. The topological polar surface area (TPSA) is 114 Å². The number of hydrogen-bond acceptors (Lipinski definition) is 4. The second kappa shape index (κ2) is 9.39. The van der Waals surface area contributed by atoms with Crippen molar-refractivity contribution in [1.29, 1.82) is 5.26 Å². The third-order valence-electron chi connectivity index (χ3n) is 6.30. The monoisotopic (exact) mass is 467 g/mol. The fourth-order valence-electron chi connectivity index (χ4n) is 4.58. The second-order valence-corrected chi connectivity index (χ2v) is 8.46. The van der Waals surface area contributed by atoms with Gasteiger partial charge in [0, 0.05) is 36.7 Å². The average molecular weight is 468 g/mol. The minimum Gasteiger partial charge on any atom is -0.493 e. The lowest BCUT2D eigenvalue weighted by molar-refractivity contribution is 0.0729. The number of nitrogens with one attached hydrogen (secondary N) is 3. The van der Waals surface area contributed by atoms with Crippen LogP contribution in [0.15, 0.2) is 54.7 Å². The summed E-state index contributed by atoms with van der Waals surface area (Å²) in [5.74, 6) is 0.440. The summed E-state index contributed by atoms with van der Waals surface area (Å²) in [6, 6.07) is 17.1. The van der Waals surface area contributed by atoms with Crippen molar-refractivity contribution in [3.8, 4) is 11.8 Å². The number of ether oxygens (including phenoxy) is 1. The van der Waals surface area contributed by atoms with Gasteiger partial charge in [-0.05, 0) is 54.3 Å². The van der Waals surface area contributed by atoms with E-state index in [1.165, 1.54) is 6.20 Å². The van der Waals surface area contributed by atoms with Crippen molar-refractivity contribution in [2.24, 2.45) is 0 Å². The molecule has 0 bridgehead atoms. The molecule has 1 aliphatic heterocycles. The summed E-state index contributed by atoms with van der Waals surface area (Å²) in [5, 5.41) is 12.9. The highest BCUT2D eigenvalue weighted by atomic mass is 16.5. The first kappa shape index (κ1) is 22.3. The van der Waals surface area contributed by atoms with Crippen LogP contribution < -0.4 is 10.1 Å².